The zero-order valence-electron chi connectivity index (χ0n) is 16.5. The van der Waals surface area contributed by atoms with Crippen LogP contribution >= 0.6 is 11.6 Å². The van der Waals surface area contributed by atoms with Crippen LogP contribution in [0.1, 0.15) is 21.5 Å². The van der Waals surface area contributed by atoms with Crippen molar-refractivity contribution in [1.29, 1.82) is 0 Å². The first-order chi connectivity index (χ1) is 14.3. The van der Waals surface area contributed by atoms with Gasteiger partial charge in [-0.05, 0) is 48.4 Å². The van der Waals surface area contributed by atoms with Crippen LogP contribution in [-0.4, -0.2) is 21.4 Å². The largest absolute Gasteiger partial charge is 0.495 e. The average Bonchev–Trinajstić information content (AvgIpc) is 2.73. The number of nitrogens with one attached hydrogen (secondary N) is 2. The van der Waals surface area contributed by atoms with E-state index in [-0.39, 0.29) is 17.0 Å². The van der Waals surface area contributed by atoms with Crippen LogP contribution in [0.15, 0.2) is 71.6 Å². The van der Waals surface area contributed by atoms with Gasteiger partial charge in [0.2, 0.25) is 10.0 Å². The Bertz CT molecular complexity index is 1170. The van der Waals surface area contributed by atoms with Gasteiger partial charge in [-0.15, -0.1) is 0 Å². The van der Waals surface area contributed by atoms with E-state index < -0.39 is 15.9 Å². The minimum atomic E-state index is -3.79. The van der Waals surface area contributed by atoms with Crippen LogP contribution in [0.4, 0.5) is 5.69 Å². The molecule has 0 aliphatic heterocycles. The Morgan fingerprint density at radius 3 is 2.43 bits per heavy atom. The summed E-state index contributed by atoms with van der Waals surface area (Å²) in [7, 11) is -2.29. The molecule has 156 valence electrons. The summed E-state index contributed by atoms with van der Waals surface area (Å²) >= 11 is 6.10. The van der Waals surface area contributed by atoms with Gasteiger partial charge in [0.05, 0.1) is 17.0 Å². The highest BCUT2D eigenvalue weighted by Gasteiger charge is 2.18. The van der Waals surface area contributed by atoms with Crippen LogP contribution in [0.2, 0.25) is 5.02 Å². The molecule has 0 fully saturated rings. The number of hydrogen-bond acceptors (Lipinski definition) is 4. The van der Waals surface area contributed by atoms with Gasteiger partial charge in [0.1, 0.15) is 5.75 Å². The zero-order valence-corrected chi connectivity index (χ0v) is 18.0. The maximum absolute atomic E-state index is 12.8. The van der Waals surface area contributed by atoms with E-state index in [0.29, 0.717) is 22.0 Å². The normalized spacial score (nSPS) is 11.2. The summed E-state index contributed by atoms with van der Waals surface area (Å²) in [6, 6.07) is 18.5. The fourth-order valence-corrected chi connectivity index (χ4v) is 4.11. The standard InChI is InChI=1S/C22H21ClN2O4S/c1-15-8-10-18(30(27,28)24-14-16-6-4-3-5-7-16)13-19(15)22(26)25-17-9-11-21(29-2)20(23)12-17/h3-13,24H,14H2,1-2H3,(H,25,26). The first-order valence-corrected chi connectivity index (χ1v) is 11.0. The quantitative estimate of drug-likeness (QED) is 0.566. The summed E-state index contributed by atoms with van der Waals surface area (Å²) in [4.78, 5) is 12.8. The highest BCUT2D eigenvalue weighted by Crippen LogP contribution is 2.27. The second-order valence-corrected chi connectivity index (χ2v) is 8.76. The fourth-order valence-electron chi connectivity index (χ4n) is 2.81. The van der Waals surface area contributed by atoms with E-state index in [4.69, 9.17) is 16.3 Å². The summed E-state index contributed by atoms with van der Waals surface area (Å²) in [5.41, 5.74) is 2.21. The van der Waals surface area contributed by atoms with Gasteiger partial charge in [0, 0.05) is 17.8 Å². The van der Waals surface area contributed by atoms with Crippen LogP contribution in [0.5, 0.6) is 5.75 Å². The van der Waals surface area contributed by atoms with E-state index in [1.165, 1.54) is 19.2 Å². The number of ether oxygens (including phenoxy) is 1. The van der Waals surface area contributed by atoms with Gasteiger partial charge < -0.3 is 10.1 Å². The molecule has 0 unspecified atom stereocenters. The molecule has 6 nitrogen and oxygen atoms in total. The van der Waals surface area contributed by atoms with E-state index in [2.05, 4.69) is 10.0 Å². The molecule has 0 aliphatic rings. The second-order valence-electron chi connectivity index (χ2n) is 6.59. The number of halogens is 1. The third-order valence-corrected chi connectivity index (χ3v) is 6.18. The molecular weight excluding hydrogens is 424 g/mol. The Morgan fingerprint density at radius 2 is 1.77 bits per heavy atom. The molecule has 3 aromatic carbocycles. The predicted octanol–water partition coefficient (Wildman–Crippen LogP) is 4.39. The van der Waals surface area contributed by atoms with Crippen LogP contribution in [0, 0.1) is 6.92 Å². The first kappa shape index (κ1) is 21.8. The van der Waals surface area contributed by atoms with E-state index in [1.807, 2.05) is 30.3 Å². The van der Waals surface area contributed by atoms with Crippen molar-refractivity contribution in [1.82, 2.24) is 4.72 Å². The van der Waals surface area contributed by atoms with E-state index >= 15 is 0 Å². The lowest BCUT2D eigenvalue weighted by Gasteiger charge is -2.12. The summed E-state index contributed by atoms with van der Waals surface area (Å²) < 4.78 is 33.0. The molecule has 3 rings (SSSR count). The Balaban J connectivity index is 1.80. The third kappa shape index (κ3) is 5.18. The van der Waals surface area contributed by atoms with Crippen LogP contribution in [0.25, 0.3) is 0 Å². The molecule has 2 N–H and O–H groups in total. The minimum absolute atomic E-state index is 0.0157. The summed E-state index contributed by atoms with van der Waals surface area (Å²) in [5.74, 6) is 0.0530. The van der Waals surface area contributed by atoms with Gasteiger partial charge in [0.25, 0.3) is 5.91 Å². The Morgan fingerprint density at radius 1 is 1.03 bits per heavy atom. The maximum Gasteiger partial charge on any atom is 0.255 e. The molecule has 0 heterocycles. The number of aryl methyl sites for hydroxylation is 1. The Kier molecular flexibility index (Phi) is 6.77. The van der Waals surface area contributed by atoms with Gasteiger partial charge in [-0.3, -0.25) is 4.79 Å². The molecule has 3 aromatic rings. The van der Waals surface area contributed by atoms with Crippen molar-refractivity contribution in [2.24, 2.45) is 0 Å². The average molecular weight is 445 g/mol. The first-order valence-electron chi connectivity index (χ1n) is 9.09. The topological polar surface area (TPSA) is 84.5 Å². The molecule has 0 aromatic heterocycles. The molecular formula is C22H21ClN2O4S. The molecule has 0 saturated carbocycles. The van der Waals surface area contributed by atoms with Crippen molar-refractivity contribution in [3.63, 3.8) is 0 Å². The number of sulfonamides is 1. The molecule has 1 amide bonds. The zero-order chi connectivity index (χ0) is 21.7. The van der Waals surface area contributed by atoms with Gasteiger partial charge in [-0.2, -0.15) is 0 Å². The van der Waals surface area contributed by atoms with Crippen molar-refractivity contribution in [3.8, 4) is 5.75 Å². The molecule has 0 saturated heterocycles. The van der Waals surface area contributed by atoms with Crippen molar-refractivity contribution < 1.29 is 17.9 Å². The minimum Gasteiger partial charge on any atom is -0.495 e. The molecule has 0 radical (unpaired) electrons. The number of amides is 1. The number of methoxy groups -OCH3 is 1. The number of carbonyl (C=O) groups is 1. The lowest BCUT2D eigenvalue weighted by atomic mass is 10.1. The number of rotatable bonds is 7. The Labute approximate surface area is 180 Å². The van der Waals surface area contributed by atoms with Gasteiger partial charge in [-0.1, -0.05) is 48.0 Å². The molecule has 0 aliphatic carbocycles. The molecule has 8 heteroatoms. The SMILES string of the molecule is COc1ccc(NC(=O)c2cc(S(=O)(=O)NCc3ccccc3)ccc2C)cc1Cl. The maximum atomic E-state index is 12.8. The molecule has 0 atom stereocenters. The molecule has 0 bridgehead atoms. The van der Waals surface area contributed by atoms with E-state index in [1.54, 1.807) is 31.2 Å². The highest BCUT2D eigenvalue weighted by molar-refractivity contribution is 7.89. The summed E-state index contributed by atoms with van der Waals surface area (Å²) in [5, 5.41) is 3.09. The molecule has 30 heavy (non-hydrogen) atoms. The van der Waals surface area contributed by atoms with Crippen molar-refractivity contribution in [3.05, 3.63) is 88.4 Å². The van der Waals surface area contributed by atoms with E-state index in [9.17, 15) is 13.2 Å². The lowest BCUT2D eigenvalue weighted by Crippen LogP contribution is -2.24. The second kappa shape index (κ2) is 9.30. The summed E-state index contributed by atoms with van der Waals surface area (Å²) in [6.07, 6.45) is 0. The highest BCUT2D eigenvalue weighted by atomic mass is 35.5. The van der Waals surface area contributed by atoms with Crippen LogP contribution in [0.3, 0.4) is 0 Å². The molecule has 0 spiro atoms. The van der Waals surface area contributed by atoms with Crippen molar-refractivity contribution in [2.75, 3.05) is 12.4 Å². The van der Waals surface area contributed by atoms with Crippen molar-refractivity contribution in [2.45, 2.75) is 18.4 Å². The number of benzene rings is 3. The smallest absolute Gasteiger partial charge is 0.255 e. The number of anilines is 1. The Hall–Kier alpha value is -2.87. The van der Waals surface area contributed by atoms with Gasteiger partial charge >= 0.3 is 0 Å². The number of hydrogen-bond donors (Lipinski definition) is 2. The summed E-state index contributed by atoms with van der Waals surface area (Å²) in [6.45, 7) is 1.90. The predicted molar refractivity (Wildman–Crippen MR) is 118 cm³/mol. The lowest BCUT2D eigenvalue weighted by molar-refractivity contribution is 0.102. The van der Waals surface area contributed by atoms with Crippen LogP contribution in [-0.2, 0) is 16.6 Å². The van der Waals surface area contributed by atoms with Gasteiger partial charge in [-0.25, -0.2) is 13.1 Å². The van der Waals surface area contributed by atoms with Crippen molar-refractivity contribution >= 4 is 33.2 Å². The fraction of sp³-hybridized carbons (Fsp3) is 0.136. The number of carbonyl (C=O) groups excluding carboxylic acids is 1. The third-order valence-electron chi connectivity index (χ3n) is 4.48. The van der Waals surface area contributed by atoms with Gasteiger partial charge in [0.15, 0.2) is 0 Å². The monoisotopic (exact) mass is 444 g/mol. The van der Waals surface area contributed by atoms with Crippen LogP contribution < -0.4 is 14.8 Å². The van der Waals surface area contributed by atoms with E-state index in [0.717, 1.165) is 5.56 Å².